The number of carbonyl (C=O) groups excluding carboxylic acids is 3. The molecule has 0 heterocycles. The number of carbonyl (C=O) groups is 3. The number of hydrogen-bond donors (Lipinski definition) is 0. The van der Waals surface area contributed by atoms with Gasteiger partial charge in [0.2, 0.25) is 0 Å². The van der Waals surface area contributed by atoms with Crippen LogP contribution in [0, 0.1) is 0 Å². The van der Waals surface area contributed by atoms with Crippen LogP contribution in [0.5, 0.6) is 0 Å². The predicted molar refractivity (Wildman–Crippen MR) is 288 cm³/mol. The molecule has 1 atom stereocenters. The van der Waals surface area contributed by atoms with Crippen molar-refractivity contribution in [2.24, 2.45) is 0 Å². The number of hydrogen-bond acceptors (Lipinski definition) is 6. The van der Waals surface area contributed by atoms with Crippen molar-refractivity contribution in [2.45, 2.75) is 284 Å². The Morgan fingerprint density at radius 2 is 0.537 bits per heavy atom. The molecule has 0 N–H and O–H groups in total. The van der Waals surface area contributed by atoms with E-state index >= 15 is 0 Å². The number of allylic oxidation sites excluding steroid dienone is 12. The minimum Gasteiger partial charge on any atom is -0.462 e. The van der Waals surface area contributed by atoms with Gasteiger partial charge >= 0.3 is 17.9 Å². The minimum absolute atomic E-state index is 0.0959. The van der Waals surface area contributed by atoms with Crippen molar-refractivity contribution in [3.63, 3.8) is 0 Å². The van der Waals surface area contributed by atoms with Crippen molar-refractivity contribution in [1.82, 2.24) is 0 Å². The lowest BCUT2D eigenvalue weighted by Gasteiger charge is -2.18. The van der Waals surface area contributed by atoms with Crippen molar-refractivity contribution >= 4 is 17.9 Å². The lowest BCUT2D eigenvalue weighted by atomic mass is 10.1. The van der Waals surface area contributed by atoms with Crippen LogP contribution in [0.4, 0.5) is 0 Å². The zero-order valence-corrected chi connectivity index (χ0v) is 44.2. The Morgan fingerprint density at radius 3 is 0.910 bits per heavy atom. The molecule has 0 fully saturated rings. The Bertz CT molecular complexity index is 1260. The lowest BCUT2D eigenvalue weighted by Crippen LogP contribution is -2.30. The van der Waals surface area contributed by atoms with E-state index in [1.807, 2.05) is 0 Å². The van der Waals surface area contributed by atoms with Gasteiger partial charge in [0, 0.05) is 19.3 Å². The molecule has 0 aromatic rings. The highest BCUT2D eigenvalue weighted by Crippen LogP contribution is 2.14. The maximum Gasteiger partial charge on any atom is 0.306 e. The van der Waals surface area contributed by atoms with Crippen LogP contribution in [0.15, 0.2) is 72.9 Å². The van der Waals surface area contributed by atoms with Gasteiger partial charge < -0.3 is 14.2 Å². The highest BCUT2D eigenvalue weighted by Gasteiger charge is 2.19. The first-order chi connectivity index (χ1) is 33.0. The molecule has 0 rings (SSSR count). The van der Waals surface area contributed by atoms with Crippen LogP contribution in [0.2, 0.25) is 0 Å². The average Bonchev–Trinajstić information content (AvgIpc) is 3.33. The first kappa shape index (κ1) is 63.8. The molecular weight excluding hydrogens is 829 g/mol. The van der Waals surface area contributed by atoms with E-state index < -0.39 is 6.10 Å². The smallest absolute Gasteiger partial charge is 0.306 e. The molecule has 0 spiro atoms. The third-order valence-corrected chi connectivity index (χ3v) is 12.2. The summed E-state index contributed by atoms with van der Waals surface area (Å²) >= 11 is 0. The quantitative estimate of drug-likeness (QED) is 0.0262. The van der Waals surface area contributed by atoms with E-state index in [0.717, 1.165) is 89.9 Å². The van der Waals surface area contributed by atoms with Gasteiger partial charge in [-0.25, -0.2) is 0 Å². The van der Waals surface area contributed by atoms with E-state index in [1.54, 1.807) is 0 Å². The third kappa shape index (κ3) is 53.7. The minimum atomic E-state index is -0.802. The molecule has 0 aromatic carbocycles. The van der Waals surface area contributed by atoms with Gasteiger partial charge in [-0.15, -0.1) is 0 Å². The Morgan fingerprint density at radius 1 is 0.299 bits per heavy atom. The van der Waals surface area contributed by atoms with Gasteiger partial charge in [0.15, 0.2) is 6.10 Å². The molecule has 0 saturated carbocycles. The van der Waals surface area contributed by atoms with Crippen molar-refractivity contribution in [3.8, 4) is 0 Å². The molecular formula is C61H106O6. The standard InChI is InChI=1S/C61H106O6/c1-4-7-10-13-16-19-22-25-28-29-30-31-34-36-39-42-45-48-51-54-60(63)66-57-58(67-61(64)55-52-49-46-43-40-37-33-27-24-21-18-15-12-9-6-3)56-65-59(62)53-50-47-44-41-38-35-32-26-23-20-17-14-11-8-5-2/h17-18,20-21,25-28,32-33,40,43,58H,4-16,19,22-24,29-31,34-39,41-42,44-57H2,1-3H3/b20-17-,21-18-,28-25-,32-26-,33-27-,43-40-/t58-/m1/s1. The summed E-state index contributed by atoms with van der Waals surface area (Å²) in [6.07, 6.45) is 70.3. The van der Waals surface area contributed by atoms with E-state index in [1.165, 1.54) is 141 Å². The normalized spacial score (nSPS) is 12.6. The number of rotatable bonds is 51. The van der Waals surface area contributed by atoms with E-state index in [9.17, 15) is 14.4 Å². The molecule has 0 bridgehead atoms. The molecule has 0 aromatic heterocycles. The molecule has 0 aliphatic heterocycles. The third-order valence-electron chi connectivity index (χ3n) is 12.2. The number of esters is 3. The molecule has 0 aliphatic rings. The first-order valence-electron chi connectivity index (χ1n) is 28.4. The summed E-state index contributed by atoms with van der Waals surface area (Å²) in [6.45, 7) is 6.55. The van der Waals surface area contributed by atoms with Gasteiger partial charge in [-0.3, -0.25) is 14.4 Å². The van der Waals surface area contributed by atoms with Crippen molar-refractivity contribution in [2.75, 3.05) is 13.2 Å². The van der Waals surface area contributed by atoms with Gasteiger partial charge in [0.05, 0.1) is 0 Å². The Balaban J connectivity index is 4.43. The fourth-order valence-corrected chi connectivity index (χ4v) is 7.83. The van der Waals surface area contributed by atoms with Crippen LogP contribution < -0.4 is 0 Å². The molecule has 0 radical (unpaired) electrons. The number of unbranched alkanes of at least 4 members (excludes halogenated alkanes) is 28. The zero-order valence-electron chi connectivity index (χ0n) is 44.2. The maximum absolute atomic E-state index is 12.8. The summed E-state index contributed by atoms with van der Waals surface area (Å²) < 4.78 is 16.8. The van der Waals surface area contributed by atoms with Gasteiger partial charge in [-0.2, -0.15) is 0 Å². The summed E-state index contributed by atoms with van der Waals surface area (Å²) in [5, 5.41) is 0. The first-order valence-corrected chi connectivity index (χ1v) is 28.4. The fourth-order valence-electron chi connectivity index (χ4n) is 7.83. The summed E-state index contributed by atoms with van der Waals surface area (Å²) in [4.78, 5) is 38.1. The fraction of sp³-hybridized carbons (Fsp3) is 0.754. The molecule has 6 heteroatoms. The summed E-state index contributed by atoms with van der Waals surface area (Å²) in [6, 6.07) is 0. The van der Waals surface area contributed by atoms with Gasteiger partial charge in [0.1, 0.15) is 13.2 Å². The lowest BCUT2D eigenvalue weighted by molar-refractivity contribution is -0.167. The number of ether oxygens (including phenoxy) is 3. The topological polar surface area (TPSA) is 78.9 Å². The molecule has 386 valence electrons. The van der Waals surface area contributed by atoms with Gasteiger partial charge in [-0.1, -0.05) is 216 Å². The molecule has 6 nitrogen and oxygen atoms in total. The summed E-state index contributed by atoms with van der Waals surface area (Å²) in [5.41, 5.74) is 0. The molecule has 0 unspecified atom stereocenters. The zero-order chi connectivity index (χ0) is 48.6. The Kier molecular flexibility index (Phi) is 52.8. The Labute approximate surface area is 414 Å². The highest BCUT2D eigenvalue weighted by molar-refractivity contribution is 5.71. The second-order valence-corrected chi connectivity index (χ2v) is 18.8. The van der Waals surface area contributed by atoms with E-state index in [-0.39, 0.29) is 37.5 Å². The summed E-state index contributed by atoms with van der Waals surface area (Å²) in [7, 11) is 0. The maximum atomic E-state index is 12.8. The van der Waals surface area contributed by atoms with Crippen molar-refractivity contribution in [3.05, 3.63) is 72.9 Å². The summed E-state index contributed by atoms with van der Waals surface area (Å²) in [5.74, 6) is -0.944. The van der Waals surface area contributed by atoms with Crippen LogP contribution in [-0.2, 0) is 28.6 Å². The van der Waals surface area contributed by atoms with Crippen LogP contribution in [0.3, 0.4) is 0 Å². The van der Waals surface area contributed by atoms with Gasteiger partial charge in [-0.05, 0) is 116 Å². The van der Waals surface area contributed by atoms with Crippen molar-refractivity contribution in [1.29, 1.82) is 0 Å². The van der Waals surface area contributed by atoms with Crippen LogP contribution >= 0.6 is 0 Å². The average molecular weight is 936 g/mol. The van der Waals surface area contributed by atoms with E-state index in [0.29, 0.717) is 19.3 Å². The predicted octanol–water partition coefficient (Wildman–Crippen LogP) is 19.0. The van der Waals surface area contributed by atoms with Gasteiger partial charge in [0.25, 0.3) is 0 Å². The second kappa shape index (κ2) is 55.4. The second-order valence-electron chi connectivity index (χ2n) is 18.8. The molecule has 0 saturated heterocycles. The Hall–Kier alpha value is -3.15. The molecule has 0 amide bonds. The SMILES string of the molecule is CCCCC/C=C\C/C=C\C/C=C\CCCCC(=O)O[C@H](COC(=O)CCCCCCC/C=C\C/C=C\CCCCC)COC(=O)CCCCCCCCCCC/C=C\CCCCCCCC. The largest absolute Gasteiger partial charge is 0.462 e. The monoisotopic (exact) mass is 935 g/mol. The highest BCUT2D eigenvalue weighted by atomic mass is 16.6. The van der Waals surface area contributed by atoms with Crippen molar-refractivity contribution < 1.29 is 28.6 Å². The molecule has 0 aliphatic carbocycles. The van der Waals surface area contributed by atoms with Crippen LogP contribution in [0.1, 0.15) is 278 Å². The van der Waals surface area contributed by atoms with E-state index in [4.69, 9.17) is 14.2 Å². The van der Waals surface area contributed by atoms with E-state index in [2.05, 4.69) is 93.7 Å². The van der Waals surface area contributed by atoms with Crippen LogP contribution in [0.25, 0.3) is 0 Å². The molecule has 67 heavy (non-hydrogen) atoms. The van der Waals surface area contributed by atoms with Crippen LogP contribution in [-0.4, -0.2) is 37.2 Å².